The minimum Gasteiger partial charge on any atom is -0.394 e. The van der Waals surface area contributed by atoms with Gasteiger partial charge in [-0.25, -0.2) is 0 Å². The molecule has 0 unspecified atom stereocenters. The molecule has 0 fully saturated rings. The fourth-order valence-corrected chi connectivity index (χ4v) is 2.33. The van der Waals surface area contributed by atoms with Crippen molar-refractivity contribution in [2.24, 2.45) is 0 Å². The number of nitrogen functional groups attached to an aromatic ring is 1. The predicted octanol–water partition coefficient (Wildman–Crippen LogP) is 3.01. The van der Waals surface area contributed by atoms with Crippen molar-refractivity contribution in [2.75, 3.05) is 11.1 Å². The van der Waals surface area contributed by atoms with Crippen LogP contribution in [0.1, 0.15) is 38.3 Å². The van der Waals surface area contributed by atoms with Crippen molar-refractivity contribution in [3.8, 4) is 0 Å². The predicted molar refractivity (Wildman–Crippen MR) is 95.5 cm³/mol. The molecule has 0 saturated carbocycles. The first kappa shape index (κ1) is 17.0. The summed E-state index contributed by atoms with van der Waals surface area (Å²) in [4.78, 5) is 12.0. The van der Waals surface area contributed by atoms with Crippen LogP contribution in [-0.2, 0) is 16.6 Å². The molecule has 0 aliphatic rings. The van der Waals surface area contributed by atoms with Gasteiger partial charge in [0, 0.05) is 18.2 Å². The number of anilines is 2. The van der Waals surface area contributed by atoms with Crippen molar-refractivity contribution in [2.45, 2.75) is 39.0 Å². The minimum absolute atomic E-state index is 0.0129. The Morgan fingerprint density at radius 3 is 2.35 bits per heavy atom. The topological polar surface area (TPSA) is 82.8 Å². The second kappa shape index (κ2) is 6.84. The van der Waals surface area contributed by atoms with E-state index in [9.17, 15) is 4.79 Å². The van der Waals surface area contributed by atoms with Gasteiger partial charge < -0.3 is 16.8 Å². The summed E-state index contributed by atoms with van der Waals surface area (Å²) in [5.41, 5.74) is 14.3. The molecule has 0 spiro atoms. The molecule has 0 saturated heterocycles. The highest BCUT2D eigenvalue weighted by molar-refractivity contribution is 5.91. The summed E-state index contributed by atoms with van der Waals surface area (Å²) in [6, 6.07) is 13.8. The van der Waals surface area contributed by atoms with Gasteiger partial charge in [0.15, 0.2) is 5.69 Å². The number of rotatable bonds is 4. The molecule has 0 aliphatic heterocycles. The van der Waals surface area contributed by atoms with E-state index in [1.54, 1.807) is 12.1 Å². The zero-order chi connectivity index (χ0) is 17.0. The largest absolute Gasteiger partial charge is 0.394 e. The fourth-order valence-electron chi connectivity index (χ4n) is 2.33. The third-order valence-electron chi connectivity index (χ3n) is 3.89. The number of carbonyl (C=O) groups excluding carboxylic acids is 1. The Bertz CT molecular complexity index is 685. The molecule has 0 heterocycles. The zero-order valence-corrected chi connectivity index (χ0v) is 14.1. The van der Waals surface area contributed by atoms with E-state index in [0.717, 1.165) is 12.1 Å². The van der Waals surface area contributed by atoms with Crippen molar-refractivity contribution >= 4 is 23.0 Å². The summed E-state index contributed by atoms with van der Waals surface area (Å²) >= 11 is 0. The SMILES string of the molecule is CC(C)(C)c1ccc(CCC(=O)Nc2ccc([NH3+])c(N)c2)cc1. The van der Waals surface area contributed by atoms with E-state index in [1.807, 2.05) is 6.07 Å². The Balaban J connectivity index is 1.90. The molecule has 0 atom stereocenters. The maximum Gasteiger partial charge on any atom is 0.224 e. The summed E-state index contributed by atoms with van der Waals surface area (Å²) in [5, 5.41) is 2.87. The summed E-state index contributed by atoms with van der Waals surface area (Å²) in [6.45, 7) is 6.58. The normalized spacial score (nSPS) is 11.3. The van der Waals surface area contributed by atoms with Crippen LogP contribution in [0.5, 0.6) is 0 Å². The molecule has 0 aromatic heterocycles. The van der Waals surface area contributed by atoms with Crippen LogP contribution >= 0.6 is 0 Å². The van der Waals surface area contributed by atoms with Crippen LogP contribution in [0.15, 0.2) is 42.5 Å². The van der Waals surface area contributed by atoms with E-state index >= 15 is 0 Å². The van der Waals surface area contributed by atoms with Crippen LogP contribution < -0.4 is 16.8 Å². The van der Waals surface area contributed by atoms with Crippen molar-refractivity contribution < 1.29 is 10.5 Å². The number of hydrogen-bond donors (Lipinski definition) is 3. The summed E-state index contributed by atoms with van der Waals surface area (Å²) < 4.78 is 0. The number of quaternary nitrogens is 1. The highest BCUT2D eigenvalue weighted by Crippen LogP contribution is 2.22. The number of hydrogen-bond acceptors (Lipinski definition) is 2. The van der Waals surface area contributed by atoms with Crippen molar-refractivity contribution in [3.05, 3.63) is 53.6 Å². The van der Waals surface area contributed by atoms with E-state index in [-0.39, 0.29) is 11.3 Å². The minimum atomic E-state index is -0.0129. The second-order valence-electron chi connectivity index (χ2n) is 6.91. The quantitative estimate of drug-likeness (QED) is 0.758. The van der Waals surface area contributed by atoms with Crippen LogP contribution in [0, 0.1) is 0 Å². The van der Waals surface area contributed by atoms with Gasteiger partial charge in [0.2, 0.25) is 5.91 Å². The zero-order valence-electron chi connectivity index (χ0n) is 14.1. The lowest BCUT2D eigenvalue weighted by Crippen LogP contribution is -2.41. The monoisotopic (exact) mass is 312 g/mol. The molecule has 2 aromatic rings. The molecule has 2 rings (SSSR count). The highest BCUT2D eigenvalue weighted by Gasteiger charge is 2.13. The molecule has 122 valence electrons. The molecular weight excluding hydrogens is 286 g/mol. The van der Waals surface area contributed by atoms with Crippen molar-refractivity contribution in [1.29, 1.82) is 0 Å². The molecular formula is C19H26N3O+. The standard InChI is InChI=1S/C19H25N3O/c1-19(2,3)14-7-4-13(5-8-14)6-11-18(23)22-15-9-10-16(20)17(21)12-15/h4-5,7-10,12H,6,11,20-21H2,1-3H3,(H,22,23)/p+1. The maximum atomic E-state index is 12.0. The van der Waals surface area contributed by atoms with E-state index in [0.29, 0.717) is 17.8 Å². The molecule has 0 radical (unpaired) electrons. The Kier molecular flexibility index (Phi) is 5.06. The van der Waals surface area contributed by atoms with E-state index in [2.05, 4.69) is 56.1 Å². The van der Waals surface area contributed by atoms with E-state index in [1.165, 1.54) is 11.1 Å². The summed E-state index contributed by atoms with van der Waals surface area (Å²) in [6.07, 6.45) is 1.17. The lowest BCUT2D eigenvalue weighted by atomic mass is 9.86. The van der Waals surface area contributed by atoms with Crippen molar-refractivity contribution in [3.63, 3.8) is 0 Å². The van der Waals surface area contributed by atoms with Crippen LogP contribution in [0.4, 0.5) is 17.1 Å². The molecule has 4 heteroatoms. The average molecular weight is 312 g/mol. The molecule has 0 aliphatic carbocycles. The third-order valence-corrected chi connectivity index (χ3v) is 3.89. The van der Waals surface area contributed by atoms with Crippen LogP contribution in [0.2, 0.25) is 0 Å². The number of aryl methyl sites for hydroxylation is 1. The number of nitrogens with one attached hydrogen (secondary N) is 1. The van der Waals surface area contributed by atoms with Gasteiger partial charge in [-0.3, -0.25) is 4.79 Å². The Morgan fingerprint density at radius 2 is 1.78 bits per heavy atom. The van der Waals surface area contributed by atoms with Gasteiger partial charge >= 0.3 is 0 Å². The first-order chi connectivity index (χ1) is 10.8. The van der Waals surface area contributed by atoms with Crippen LogP contribution in [-0.4, -0.2) is 5.91 Å². The maximum absolute atomic E-state index is 12.0. The van der Waals surface area contributed by atoms with Gasteiger partial charge in [0.1, 0.15) is 0 Å². The molecule has 6 N–H and O–H groups in total. The fraction of sp³-hybridized carbons (Fsp3) is 0.316. The third kappa shape index (κ3) is 4.83. The summed E-state index contributed by atoms with van der Waals surface area (Å²) in [7, 11) is 0. The molecule has 4 nitrogen and oxygen atoms in total. The average Bonchev–Trinajstić information content (AvgIpc) is 2.48. The second-order valence-corrected chi connectivity index (χ2v) is 6.91. The van der Waals surface area contributed by atoms with Gasteiger partial charge in [-0.1, -0.05) is 45.0 Å². The molecule has 2 aromatic carbocycles. The highest BCUT2D eigenvalue weighted by atomic mass is 16.1. The van der Waals surface area contributed by atoms with Crippen LogP contribution in [0.3, 0.4) is 0 Å². The Labute approximate surface area is 137 Å². The van der Waals surface area contributed by atoms with E-state index < -0.39 is 0 Å². The molecule has 1 amide bonds. The van der Waals surface area contributed by atoms with Gasteiger partial charge in [-0.05, 0) is 35.1 Å². The number of nitrogens with two attached hydrogens (primary N) is 1. The smallest absolute Gasteiger partial charge is 0.224 e. The summed E-state index contributed by atoms with van der Waals surface area (Å²) in [5.74, 6) is -0.0129. The number of amides is 1. The van der Waals surface area contributed by atoms with Gasteiger partial charge in [0.05, 0.1) is 5.69 Å². The van der Waals surface area contributed by atoms with Gasteiger partial charge in [-0.2, -0.15) is 0 Å². The number of benzene rings is 2. The van der Waals surface area contributed by atoms with Gasteiger partial charge in [0.25, 0.3) is 0 Å². The van der Waals surface area contributed by atoms with Crippen molar-refractivity contribution in [1.82, 2.24) is 0 Å². The number of carbonyl (C=O) groups is 1. The van der Waals surface area contributed by atoms with Gasteiger partial charge in [-0.15, -0.1) is 0 Å². The Morgan fingerprint density at radius 1 is 1.13 bits per heavy atom. The first-order valence-corrected chi connectivity index (χ1v) is 7.86. The lowest BCUT2D eigenvalue weighted by molar-refractivity contribution is -0.253. The first-order valence-electron chi connectivity index (χ1n) is 7.86. The molecule has 23 heavy (non-hydrogen) atoms. The lowest BCUT2D eigenvalue weighted by Gasteiger charge is -2.19. The molecule has 0 bridgehead atoms. The van der Waals surface area contributed by atoms with Crippen LogP contribution in [0.25, 0.3) is 0 Å². The Hall–Kier alpha value is -2.33. The van der Waals surface area contributed by atoms with E-state index in [4.69, 9.17) is 5.73 Å².